The number of aromatic nitrogens is 5. The average molecular weight is 433 g/mol. The predicted molar refractivity (Wildman–Crippen MR) is 122 cm³/mol. The van der Waals surface area contributed by atoms with Crippen LogP contribution in [0.4, 0.5) is 0 Å². The van der Waals surface area contributed by atoms with Gasteiger partial charge in [0.2, 0.25) is 11.8 Å². The van der Waals surface area contributed by atoms with E-state index in [4.69, 9.17) is 14.5 Å². The highest BCUT2D eigenvalue weighted by atomic mass is 16.5. The number of ether oxygens (including phenoxy) is 2. The highest BCUT2D eigenvalue weighted by molar-refractivity contribution is 5.85. The van der Waals surface area contributed by atoms with E-state index in [1.807, 2.05) is 12.3 Å². The van der Waals surface area contributed by atoms with Crippen LogP contribution in [0.1, 0.15) is 22.5 Å². The molecular formula is C24H28N6O2. The largest absolute Gasteiger partial charge is 0.476 e. The maximum atomic E-state index is 6.05. The Morgan fingerprint density at radius 3 is 2.81 bits per heavy atom. The van der Waals surface area contributed by atoms with Gasteiger partial charge in [0.15, 0.2) is 0 Å². The minimum atomic E-state index is 0.566. The molecule has 0 atom stereocenters. The number of benzene rings is 1. The zero-order valence-corrected chi connectivity index (χ0v) is 18.5. The van der Waals surface area contributed by atoms with Crippen molar-refractivity contribution in [1.29, 1.82) is 0 Å². The van der Waals surface area contributed by atoms with Crippen LogP contribution in [-0.4, -0.2) is 68.9 Å². The zero-order valence-electron chi connectivity index (χ0n) is 18.5. The second-order valence-electron chi connectivity index (χ2n) is 8.20. The lowest BCUT2D eigenvalue weighted by Crippen LogP contribution is -2.38. The lowest BCUT2D eigenvalue weighted by atomic mass is 10.1. The third-order valence-corrected chi connectivity index (χ3v) is 6.00. The van der Waals surface area contributed by atoms with Crippen LogP contribution < -0.4 is 4.74 Å². The minimum absolute atomic E-state index is 0.566. The minimum Gasteiger partial charge on any atom is -0.476 e. The second kappa shape index (κ2) is 9.10. The van der Waals surface area contributed by atoms with Crippen molar-refractivity contribution in [3.05, 3.63) is 65.5 Å². The summed E-state index contributed by atoms with van der Waals surface area (Å²) in [7, 11) is 0. The molecule has 0 amide bonds. The molecule has 0 bridgehead atoms. The second-order valence-corrected chi connectivity index (χ2v) is 8.20. The van der Waals surface area contributed by atoms with E-state index in [0.717, 1.165) is 44.1 Å². The van der Waals surface area contributed by atoms with Gasteiger partial charge in [-0.1, -0.05) is 6.07 Å². The van der Waals surface area contributed by atoms with Crippen LogP contribution >= 0.6 is 0 Å². The Balaban J connectivity index is 1.37. The normalized spacial score (nSPS) is 14.8. The molecule has 0 saturated carbocycles. The van der Waals surface area contributed by atoms with E-state index in [9.17, 15) is 0 Å². The van der Waals surface area contributed by atoms with Crippen molar-refractivity contribution < 1.29 is 9.47 Å². The van der Waals surface area contributed by atoms with Gasteiger partial charge in [0, 0.05) is 61.1 Å². The van der Waals surface area contributed by atoms with Crippen LogP contribution in [0.3, 0.4) is 0 Å². The molecule has 8 nitrogen and oxygen atoms in total. The molecule has 1 aliphatic rings. The topological polar surface area (TPSA) is 81.1 Å². The van der Waals surface area contributed by atoms with Crippen LogP contribution in [0, 0.1) is 13.8 Å². The first-order chi connectivity index (χ1) is 15.7. The molecule has 1 N–H and O–H groups in total. The molecule has 8 heteroatoms. The Bertz CT molecular complexity index is 1190. The Labute approximate surface area is 187 Å². The number of H-pyrrole nitrogens is 1. The van der Waals surface area contributed by atoms with Crippen molar-refractivity contribution in [2.45, 2.75) is 20.3 Å². The fraction of sp³-hybridized carbons (Fsp3) is 0.375. The number of hydrogen-bond donors (Lipinski definition) is 1. The van der Waals surface area contributed by atoms with E-state index in [2.05, 4.69) is 51.9 Å². The van der Waals surface area contributed by atoms with Gasteiger partial charge in [0.25, 0.3) is 0 Å². The van der Waals surface area contributed by atoms with Crippen LogP contribution in [-0.2, 0) is 11.2 Å². The number of fused-ring (bicyclic) bond motifs is 1. The molecule has 0 aliphatic carbocycles. The van der Waals surface area contributed by atoms with Gasteiger partial charge in [0.1, 0.15) is 12.9 Å². The van der Waals surface area contributed by atoms with Gasteiger partial charge in [-0.3, -0.25) is 9.47 Å². The number of nitrogens with zero attached hydrogens (tertiary/aromatic N) is 5. The average Bonchev–Trinajstić information content (AvgIpc) is 3.44. The third-order valence-electron chi connectivity index (χ3n) is 6.00. The first-order valence-electron chi connectivity index (χ1n) is 11.0. The molecule has 1 fully saturated rings. The molecule has 1 aliphatic heterocycles. The van der Waals surface area contributed by atoms with Crippen LogP contribution in [0.25, 0.3) is 16.9 Å². The first kappa shape index (κ1) is 20.7. The van der Waals surface area contributed by atoms with Crippen molar-refractivity contribution in [2.24, 2.45) is 0 Å². The number of hydrogen-bond acceptors (Lipinski definition) is 6. The van der Waals surface area contributed by atoms with E-state index < -0.39 is 0 Å². The molecule has 0 unspecified atom stereocenters. The summed E-state index contributed by atoms with van der Waals surface area (Å²) in [4.78, 5) is 19.3. The predicted octanol–water partition coefficient (Wildman–Crippen LogP) is 3.06. The van der Waals surface area contributed by atoms with Crippen LogP contribution in [0.5, 0.6) is 5.88 Å². The molecule has 166 valence electrons. The summed E-state index contributed by atoms with van der Waals surface area (Å²) in [5, 5.41) is 1.26. The smallest absolute Gasteiger partial charge is 0.238 e. The zero-order chi connectivity index (χ0) is 21.9. The molecule has 5 rings (SSSR count). The summed E-state index contributed by atoms with van der Waals surface area (Å²) in [5.74, 6) is 1.15. The standard InChI is InChI=1S/C24H28N6O2/c1-17-18(2)26-22-4-3-19(14-21(17)22)13-20-15-23(28-24(27-20)30-6-5-25-16-30)32-12-9-29-7-10-31-11-8-29/h3-6,14-16,26H,7-13H2,1-2H3. The summed E-state index contributed by atoms with van der Waals surface area (Å²) in [6, 6.07) is 8.48. The highest BCUT2D eigenvalue weighted by Gasteiger charge is 2.13. The molecule has 32 heavy (non-hydrogen) atoms. The molecular weight excluding hydrogens is 404 g/mol. The molecule has 0 radical (unpaired) electrons. The summed E-state index contributed by atoms with van der Waals surface area (Å²) < 4.78 is 13.3. The summed E-state index contributed by atoms with van der Waals surface area (Å²) in [6.45, 7) is 9.15. The van der Waals surface area contributed by atoms with E-state index in [-0.39, 0.29) is 0 Å². The van der Waals surface area contributed by atoms with E-state index in [0.29, 0.717) is 24.9 Å². The Morgan fingerprint density at radius 1 is 1.12 bits per heavy atom. The molecule has 4 heterocycles. The summed E-state index contributed by atoms with van der Waals surface area (Å²) in [5.41, 5.74) is 5.77. The lowest BCUT2D eigenvalue weighted by molar-refractivity contribution is 0.0320. The van der Waals surface area contributed by atoms with Gasteiger partial charge >= 0.3 is 0 Å². The number of aromatic amines is 1. The van der Waals surface area contributed by atoms with Crippen LogP contribution in [0.15, 0.2) is 43.0 Å². The number of morpholine rings is 1. The Hall–Kier alpha value is -3.23. The number of rotatable bonds is 7. The molecule has 0 spiro atoms. The van der Waals surface area contributed by atoms with Crippen LogP contribution in [0.2, 0.25) is 0 Å². The summed E-state index contributed by atoms with van der Waals surface area (Å²) >= 11 is 0. The SMILES string of the molecule is Cc1[nH]c2ccc(Cc3cc(OCCN4CCOCC4)nc(-n4ccnc4)n3)cc2c1C. The molecule has 3 aromatic heterocycles. The molecule has 1 aromatic carbocycles. The van der Waals surface area contributed by atoms with E-state index in [1.54, 1.807) is 17.1 Å². The van der Waals surface area contributed by atoms with Crippen molar-refractivity contribution in [3.8, 4) is 11.8 Å². The fourth-order valence-corrected chi connectivity index (χ4v) is 4.05. The number of imidazole rings is 1. The van der Waals surface area contributed by atoms with E-state index in [1.165, 1.54) is 22.2 Å². The van der Waals surface area contributed by atoms with Crippen molar-refractivity contribution >= 4 is 10.9 Å². The fourth-order valence-electron chi connectivity index (χ4n) is 4.05. The van der Waals surface area contributed by atoms with Crippen molar-refractivity contribution in [3.63, 3.8) is 0 Å². The van der Waals surface area contributed by atoms with Gasteiger partial charge < -0.3 is 14.5 Å². The Kier molecular flexibility index (Phi) is 5.87. The van der Waals surface area contributed by atoms with Gasteiger partial charge in [-0.15, -0.1) is 0 Å². The van der Waals surface area contributed by atoms with Gasteiger partial charge in [-0.2, -0.15) is 4.98 Å². The van der Waals surface area contributed by atoms with E-state index >= 15 is 0 Å². The first-order valence-corrected chi connectivity index (χ1v) is 11.0. The number of nitrogens with one attached hydrogen (secondary N) is 1. The summed E-state index contributed by atoms with van der Waals surface area (Å²) in [6.07, 6.45) is 5.97. The monoisotopic (exact) mass is 432 g/mol. The van der Waals surface area contributed by atoms with Crippen molar-refractivity contribution in [1.82, 2.24) is 29.4 Å². The van der Waals surface area contributed by atoms with Crippen molar-refractivity contribution in [2.75, 3.05) is 39.5 Å². The molecule has 1 saturated heterocycles. The maximum absolute atomic E-state index is 6.05. The van der Waals surface area contributed by atoms with Gasteiger partial charge in [-0.25, -0.2) is 9.97 Å². The quantitative estimate of drug-likeness (QED) is 0.483. The Morgan fingerprint density at radius 2 is 2.00 bits per heavy atom. The van der Waals surface area contributed by atoms with Gasteiger partial charge in [-0.05, 0) is 37.1 Å². The lowest BCUT2D eigenvalue weighted by Gasteiger charge is -2.26. The highest BCUT2D eigenvalue weighted by Crippen LogP contribution is 2.24. The third kappa shape index (κ3) is 4.51. The number of aryl methyl sites for hydroxylation is 2. The van der Waals surface area contributed by atoms with Gasteiger partial charge in [0.05, 0.1) is 18.9 Å². The maximum Gasteiger partial charge on any atom is 0.238 e. The molecule has 4 aromatic rings.